The van der Waals surface area contributed by atoms with Gasteiger partial charge < -0.3 is 24.8 Å². The molecule has 3 rings (SSSR count). The molecule has 180 valence electrons. The van der Waals surface area contributed by atoms with Gasteiger partial charge in [-0.3, -0.25) is 10.1 Å². The van der Waals surface area contributed by atoms with Crippen LogP contribution in [-0.4, -0.2) is 30.6 Å². The van der Waals surface area contributed by atoms with Crippen LogP contribution >= 0.6 is 0 Å². The van der Waals surface area contributed by atoms with Crippen molar-refractivity contribution in [2.24, 2.45) is 5.92 Å². The molecule has 1 aliphatic heterocycles. The molecule has 1 atom stereocenters. The predicted molar refractivity (Wildman–Crippen MR) is 123 cm³/mol. The standard InChI is InChI=1S/C24H27N3O7/c1-5-33-23(28)19-20(14(2)3)25-24(29)26-21(19)16-11-17(27(30)31)22(18(12-16)32-4)34-13-15-9-7-6-8-10-15/h6-12,14,21H,5,13H2,1-4H3,(H2,25,26,29). The summed E-state index contributed by atoms with van der Waals surface area (Å²) < 4.78 is 16.4. The summed E-state index contributed by atoms with van der Waals surface area (Å²) in [6.45, 7) is 5.53. The van der Waals surface area contributed by atoms with Crippen LogP contribution in [0.2, 0.25) is 0 Å². The highest BCUT2D eigenvalue weighted by Crippen LogP contribution is 2.42. The summed E-state index contributed by atoms with van der Waals surface area (Å²) in [4.78, 5) is 36.6. The molecule has 10 heteroatoms. The van der Waals surface area contributed by atoms with Crippen LogP contribution in [-0.2, 0) is 16.1 Å². The number of methoxy groups -OCH3 is 1. The molecule has 0 fully saturated rings. The Kier molecular flexibility index (Phi) is 7.72. The van der Waals surface area contributed by atoms with E-state index < -0.39 is 23.0 Å². The van der Waals surface area contributed by atoms with E-state index in [0.29, 0.717) is 5.70 Å². The lowest BCUT2D eigenvalue weighted by molar-refractivity contribution is -0.386. The smallest absolute Gasteiger partial charge is 0.338 e. The van der Waals surface area contributed by atoms with Crippen LogP contribution in [0.15, 0.2) is 53.7 Å². The van der Waals surface area contributed by atoms with Crippen molar-refractivity contribution in [1.29, 1.82) is 0 Å². The molecule has 2 aromatic carbocycles. The molecule has 2 amide bonds. The summed E-state index contributed by atoms with van der Waals surface area (Å²) >= 11 is 0. The lowest BCUT2D eigenvalue weighted by atomic mass is 9.91. The van der Waals surface area contributed by atoms with E-state index in [1.807, 2.05) is 44.2 Å². The number of carbonyl (C=O) groups is 2. The fourth-order valence-electron chi connectivity index (χ4n) is 3.66. The molecular weight excluding hydrogens is 442 g/mol. The average molecular weight is 469 g/mol. The predicted octanol–water partition coefficient (Wildman–Crippen LogP) is 4.01. The summed E-state index contributed by atoms with van der Waals surface area (Å²) in [6, 6.07) is 10.5. The molecule has 10 nitrogen and oxygen atoms in total. The third-order valence-electron chi connectivity index (χ3n) is 5.21. The van der Waals surface area contributed by atoms with Crippen LogP contribution in [0.1, 0.15) is 37.9 Å². The zero-order valence-corrected chi connectivity index (χ0v) is 19.4. The fourth-order valence-corrected chi connectivity index (χ4v) is 3.66. The molecule has 1 aliphatic rings. The topological polar surface area (TPSA) is 129 Å². The maximum atomic E-state index is 12.8. The molecule has 0 bridgehead atoms. The van der Waals surface area contributed by atoms with Gasteiger partial charge in [0.1, 0.15) is 6.61 Å². The van der Waals surface area contributed by atoms with Crippen molar-refractivity contribution in [3.05, 3.63) is 75.0 Å². The van der Waals surface area contributed by atoms with E-state index >= 15 is 0 Å². The zero-order valence-electron chi connectivity index (χ0n) is 19.4. The van der Waals surface area contributed by atoms with Crippen molar-refractivity contribution in [3.8, 4) is 11.5 Å². The largest absolute Gasteiger partial charge is 0.493 e. The van der Waals surface area contributed by atoms with Crippen LogP contribution < -0.4 is 20.1 Å². The number of rotatable bonds is 9. The third kappa shape index (κ3) is 5.28. The van der Waals surface area contributed by atoms with E-state index in [-0.39, 0.29) is 47.5 Å². The Morgan fingerprint density at radius 3 is 2.50 bits per heavy atom. The highest BCUT2D eigenvalue weighted by molar-refractivity contribution is 5.95. The Hall–Kier alpha value is -4.08. The Morgan fingerprint density at radius 2 is 1.91 bits per heavy atom. The van der Waals surface area contributed by atoms with Gasteiger partial charge in [0.05, 0.1) is 30.3 Å². The quantitative estimate of drug-likeness (QED) is 0.322. The normalized spacial score (nSPS) is 15.4. The van der Waals surface area contributed by atoms with E-state index in [1.54, 1.807) is 6.92 Å². The number of nitrogens with zero attached hydrogens (tertiary/aromatic N) is 1. The van der Waals surface area contributed by atoms with Crippen LogP contribution in [0.25, 0.3) is 0 Å². The first-order chi connectivity index (χ1) is 16.3. The first-order valence-electron chi connectivity index (χ1n) is 10.8. The highest BCUT2D eigenvalue weighted by atomic mass is 16.6. The SMILES string of the molecule is CCOC(=O)C1=C(C(C)C)NC(=O)NC1c1cc(OC)c(OCc2ccccc2)c([N+](=O)[O-])c1. The monoisotopic (exact) mass is 469 g/mol. The molecule has 0 saturated carbocycles. The minimum Gasteiger partial charge on any atom is -0.493 e. The average Bonchev–Trinajstić information content (AvgIpc) is 2.82. The second-order valence-electron chi connectivity index (χ2n) is 7.84. The van der Waals surface area contributed by atoms with Gasteiger partial charge in [0, 0.05) is 11.8 Å². The van der Waals surface area contributed by atoms with Crippen LogP contribution in [0, 0.1) is 16.0 Å². The molecule has 0 aliphatic carbocycles. The van der Waals surface area contributed by atoms with Crippen molar-refractivity contribution in [2.75, 3.05) is 13.7 Å². The van der Waals surface area contributed by atoms with Crippen molar-refractivity contribution in [1.82, 2.24) is 10.6 Å². The fraction of sp³-hybridized carbons (Fsp3) is 0.333. The van der Waals surface area contributed by atoms with Crippen molar-refractivity contribution in [3.63, 3.8) is 0 Å². The van der Waals surface area contributed by atoms with Crippen LogP contribution in [0.5, 0.6) is 11.5 Å². The van der Waals surface area contributed by atoms with Gasteiger partial charge in [0.2, 0.25) is 5.75 Å². The molecule has 0 radical (unpaired) electrons. The number of nitrogens with one attached hydrogen (secondary N) is 2. The number of hydrogen-bond acceptors (Lipinski definition) is 7. The third-order valence-corrected chi connectivity index (χ3v) is 5.21. The molecule has 0 saturated heterocycles. The highest BCUT2D eigenvalue weighted by Gasteiger charge is 2.36. The first-order valence-corrected chi connectivity index (χ1v) is 10.8. The molecule has 1 heterocycles. The number of urea groups is 1. The second-order valence-corrected chi connectivity index (χ2v) is 7.84. The van der Waals surface area contributed by atoms with E-state index in [4.69, 9.17) is 14.2 Å². The number of esters is 1. The van der Waals surface area contributed by atoms with Gasteiger partial charge in [-0.25, -0.2) is 9.59 Å². The van der Waals surface area contributed by atoms with E-state index in [1.165, 1.54) is 19.2 Å². The molecule has 1 unspecified atom stereocenters. The Bertz CT molecular complexity index is 1110. The lowest BCUT2D eigenvalue weighted by Crippen LogP contribution is -2.47. The van der Waals surface area contributed by atoms with Gasteiger partial charge in [0.15, 0.2) is 5.75 Å². The number of allylic oxidation sites excluding steroid dienone is 1. The summed E-state index contributed by atoms with van der Waals surface area (Å²) in [5, 5.41) is 17.3. The maximum absolute atomic E-state index is 12.8. The van der Waals surface area contributed by atoms with Gasteiger partial charge in [0.25, 0.3) is 0 Å². The van der Waals surface area contributed by atoms with E-state index in [0.717, 1.165) is 5.56 Å². The number of amides is 2. The first kappa shape index (κ1) is 24.6. The second kappa shape index (κ2) is 10.7. The summed E-state index contributed by atoms with van der Waals surface area (Å²) in [7, 11) is 1.36. The minimum absolute atomic E-state index is 0.0499. The van der Waals surface area contributed by atoms with Gasteiger partial charge >= 0.3 is 17.7 Å². The number of nitro groups is 1. The summed E-state index contributed by atoms with van der Waals surface area (Å²) in [5.41, 5.74) is 1.31. The lowest BCUT2D eigenvalue weighted by Gasteiger charge is -2.31. The van der Waals surface area contributed by atoms with Gasteiger partial charge in [-0.2, -0.15) is 0 Å². The van der Waals surface area contributed by atoms with Crippen molar-refractivity contribution < 1.29 is 28.7 Å². The van der Waals surface area contributed by atoms with Crippen molar-refractivity contribution in [2.45, 2.75) is 33.4 Å². The Labute approximate surface area is 197 Å². The number of ether oxygens (including phenoxy) is 3. The molecule has 2 aromatic rings. The molecular formula is C24H27N3O7. The number of carbonyl (C=O) groups excluding carboxylic acids is 2. The molecule has 0 aromatic heterocycles. The zero-order chi connectivity index (χ0) is 24.8. The number of nitro benzene ring substituents is 1. The summed E-state index contributed by atoms with van der Waals surface area (Å²) in [6.07, 6.45) is 0. The number of hydrogen-bond donors (Lipinski definition) is 2. The van der Waals surface area contributed by atoms with E-state index in [2.05, 4.69) is 10.6 Å². The van der Waals surface area contributed by atoms with E-state index in [9.17, 15) is 19.7 Å². The molecule has 2 N–H and O–H groups in total. The minimum atomic E-state index is -0.985. The van der Waals surface area contributed by atoms with Crippen molar-refractivity contribution >= 4 is 17.7 Å². The molecule has 34 heavy (non-hydrogen) atoms. The van der Waals surface area contributed by atoms with Crippen LogP contribution in [0.4, 0.5) is 10.5 Å². The van der Waals surface area contributed by atoms with Crippen LogP contribution in [0.3, 0.4) is 0 Å². The number of benzene rings is 2. The summed E-state index contributed by atoms with van der Waals surface area (Å²) in [5.74, 6) is -0.790. The van der Waals surface area contributed by atoms with Gasteiger partial charge in [-0.1, -0.05) is 44.2 Å². The Morgan fingerprint density at radius 1 is 1.21 bits per heavy atom. The molecule has 0 spiro atoms. The Balaban J connectivity index is 2.11. The maximum Gasteiger partial charge on any atom is 0.338 e. The van der Waals surface area contributed by atoms with Gasteiger partial charge in [-0.15, -0.1) is 0 Å². The van der Waals surface area contributed by atoms with Gasteiger partial charge in [-0.05, 0) is 30.0 Å².